The molecule has 6 rings (SSSR count). The van der Waals surface area contributed by atoms with Crippen LogP contribution in [0.25, 0.3) is 6.08 Å². The molecule has 38 heavy (non-hydrogen) atoms. The minimum Gasteiger partial charge on any atom is -0.433 e. The van der Waals surface area contributed by atoms with Gasteiger partial charge in [0.25, 0.3) is 6.08 Å². The number of ether oxygens (including phenoxy) is 1. The van der Waals surface area contributed by atoms with E-state index in [-0.39, 0.29) is 5.70 Å². The quantitative estimate of drug-likeness (QED) is 0.175. The van der Waals surface area contributed by atoms with Crippen LogP contribution in [0.1, 0.15) is 34.2 Å². The predicted octanol–water partition coefficient (Wildman–Crippen LogP) is 6.05. The first-order chi connectivity index (χ1) is 18.7. The number of esters is 1. The summed E-state index contributed by atoms with van der Waals surface area (Å²) in [5.41, 5.74) is 2.89. The van der Waals surface area contributed by atoms with E-state index in [1.54, 1.807) is 6.20 Å². The molecule has 1 aliphatic rings. The van der Waals surface area contributed by atoms with Crippen molar-refractivity contribution >= 4 is 12.0 Å². The van der Waals surface area contributed by atoms with Gasteiger partial charge in [-0.1, -0.05) is 121 Å². The van der Waals surface area contributed by atoms with Crippen molar-refractivity contribution in [2.45, 2.75) is 11.8 Å². The van der Waals surface area contributed by atoms with Crippen LogP contribution in [0, 0.1) is 6.08 Å². The van der Waals surface area contributed by atoms with E-state index in [9.17, 15) is 4.79 Å². The second-order valence-electron chi connectivity index (χ2n) is 9.01. The molecule has 1 N–H and O–H groups in total. The summed E-state index contributed by atoms with van der Waals surface area (Å²) in [4.78, 5) is 16.9. The molecule has 4 aromatic carbocycles. The monoisotopic (exact) mass is 501 g/mol. The van der Waals surface area contributed by atoms with E-state index in [1.165, 1.54) is 10.6 Å². The Morgan fingerprint density at radius 3 is 1.74 bits per heavy atom. The van der Waals surface area contributed by atoms with Crippen LogP contribution < -0.4 is 5.32 Å². The molecule has 0 saturated carbocycles. The lowest BCUT2D eigenvalue weighted by Gasteiger charge is -2.37. The van der Waals surface area contributed by atoms with Crippen molar-refractivity contribution in [3.05, 3.63) is 167 Å². The van der Waals surface area contributed by atoms with Crippen LogP contribution in [0.15, 0.2) is 133 Å². The van der Waals surface area contributed by atoms with Gasteiger partial charge in [-0.2, -0.15) is 4.39 Å². The molecule has 1 aromatic heterocycles. The van der Waals surface area contributed by atoms with Crippen molar-refractivity contribution in [1.29, 1.82) is 0 Å². The summed E-state index contributed by atoms with van der Waals surface area (Å²) in [6.07, 6.45) is 1.87. The second kappa shape index (κ2) is 9.82. The van der Waals surface area contributed by atoms with E-state index in [0.717, 1.165) is 22.3 Å². The highest BCUT2D eigenvalue weighted by Crippen LogP contribution is 2.41. The maximum Gasteiger partial charge on any atom is 0.356 e. The number of carbonyl (C=O) groups is 1. The molecule has 0 radical (unpaired) electrons. The SMILES string of the molecule is O=C1OC(c2ccccc2)NC1=Cc1cn(C(c2ccccc2)(c2ccccc2)c2ccccc2)c(F)n1. The Hall–Kier alpha value is -4.97. The lowest BCUT2D eigenvalue weighted by molar-refractivity contribution is -0.139. The summed E-state index contributed by atoms with van der Waals surface area (Å²) in [6, 6.07) is 38.7. The molecule has 6 heteroatoms. The highest BCUT2D eigenvalue weighted by atomic mass is 19.1. The Bertz CT molecular complexity index is 1490. The maximum atomic E-state index is 16.0. The summed E-state index contributed by atoms with van der Waals surface area (Å²) in [6.45, 7) is 0. The number of hydrogen-bond acceptors (Lipinski definition) is 4. The number of nitrogens with zero attached hydrogens (tertiary/aromatic N) is 2. The first-order valence-electron chi connectivity index (χ1n) is 12.3. The largest absolute Gasteiger partial charge is 0.433 e. The van der Waals surface area contributed by atoms with Gasteiger partial charge in [0, 0.05) is 11.8 Å². The lowest BCUT2D eigenvalue weighted by Crippen LogP contribution is -2.38. The Kier molecular flexibility index (Phi) is 6.06. The standard InChI is InChI=1S/C32H24FN3O2/c33-31-34-27(21-28-30(37)38-29(35-28)23-13-5-1-6-14-23)22-36(31)32(24-15-7-2-8-16-24,25-17-9-3-10-18-25)26-19-11-4-12-20-26/h1-22,29,35H. The van der Waals surface area contributed by atoms with Crippen LogP contribution in [0.5, 0.6) is 0 Å². The van der Waals surface area contributed by atoms with E-state index in [0.29, 0.717) is 5.69 Å². The molecule has 1 unspecified atom stereocenters. The Morgan fingerprint density at radius 1 is 0.763 bits per heavy atom. The summed E-state index contributed by atoms with van der Waals surface area (Å²) in [7, 11) is 0. The van der Waals surface area contributed by atoms with Crippen molar-refractivity contribution in [3.63, 3.8) is 0 Å². The summed E-state index contributed by atoms with van der Waals surface area (Å²) in [5, 5.41) is 3.09. The van der Waals surface area contributed by atoms with Crippen LogP contribution in [0.2, 0.25) is 0 Å². The van der Waals surface area contributed by atoms with E-state index in [2.05, 4.69) is 10.3 Å². The van der Waals surface area contributed by atoms with Crippen LogP contribution >= 0.6 is 0 Å². The highest BCUT2D eigenvalue weighted by molar-refractivity contribution is 5.94. The van der Waals surface area contributed by atoms with Gasteiger partial charge in [-0.25, -0.2) is 9.78 Å². The number of rotatable bonds is 6. The van der Waals surface area contributed by atoms with Crippen molar-refractivity contribution < 1.29 is 13.9 Å². The number of hydrogen-bond donors (Lipinski definition) is 1. The smallest absolute Gasteiger partial charge is 0.356 e. The third-order valence-electron chi connectivity index (χ3n) is 6.74. The minimum absolute atomic E-state index is 0.216. The molecule has 1 fully saturated rings. The molecule has 1 saturated heterocycles. The number of aromatic nitrogens is 2. The number of halogens is 1. The fourth-order valence-electron chi connectivity index (χ4n) is 5.06. The molecular formula is C32H24FN3O2. The Balaban J connectivity index is 1.50. The van der Waals surface area contributed by atoms with Crippen LogP contribution in [-0.2, 0) is 15.1 Å². The zero-order chi connectivity index (χ0) is 26.0. The molecule has 0 bridgehead atoms. The van der Waals surface area contributed by atoms with Crippen molar-refractivity contribution in [1.82, 2.24) is 14.9 Å². The van der Waals surface area contributed by atoms with Gasteiger partial charge in [-0.15, -0.1) is 0 Å². The van der Waals surface area contributed by atoms with Crippen LogP contribution in [-0.4, -0.2) is 15.5 Å². The molecule has 0 aliphatic carbocycles. The fraction of sp³-hybridized carbons (Fsp3) is 0.0625. The minimum atomic E-state index is -1.05. The molecule has 0 spiro atoms. The molecule has 5 aromatic rings. The number of cyclic esters (lactones) is 1. The van der Waals surface area contributed by atoms with E-state index in [1.807, 2.05) is 121 Å². The average Bonchev–Trinajstić information content (AvgIpc) is 3.53. The van der Waals surface area contributed by atoms with Crippen molar-refractivity contribution in [2.24, 2.45) is 0 Å². The van der Waals surface area contributed by atoms with E-state index < -0.39 is 23.8 Å². The number of imidazole rings is 1. The zero-order valence-corrected chi connectivity index (χ0v) is 20.4. The van der Waals surface area contributed by atoms with Gasteiger partial charge >= 0.3 is 5.97 Å². The van der Waals surface area contributed by atoms with Gasteiger partial charge in [-0.3, -0.25) is 4.57 Å². The Labute approximate surface area is 219 Å². The van der Waals surface area contributed by atoms with Gasteiger partial charge in [0.2, 0.25) is 0 Å². The van der Waals surface area contributed by atoms with Gasteiger partial charge in [-0.05, 0) is 22.8 Å². The molecule has 5 nitrogen and oxygen atoms in total. The molecule has 186 valence electrons. The first-order valence-corrected chi connectivity index (χ1v) is 12.3. The molecule has 1 aliphatic heterocycles. The van der Waals surface area contributed by atoms with Gasteiger partial charge in [0.05, 0.1) is 5.69 Å². The summed E-state index contributed by atoms with van der Waals surface area (Å²) >= 11 is 0. The molecule has 1 atom stereocenters. The third-order valence-corrected chi connectivity index (χ3v) is 6.74. The van der Waals surface area contributed by atoms with Gasteiger partial charge < -0.3 is 10.1 Å². The topological polar surface area (TPSA) is 56.1 Å². The van der Waals surface area contributed by atoms with E-state index in [4.69, 9.17) is 4.74 Å². The fourth-order valence-corrected chi connectivity index (χ4v) is 5.06. The molecule has 0 amide bonds. The van der Waals surface area contributed by atoms with Gasteiger partial charge in [0.15, 0.2) is 6.23 Å². The molecule has 2 heterocycles. The summed E-state index contributed by atoms with van der Waals surface area (Å²) < 4.78 is 23.0. The normalized spacial score (nSPS) is 16.3. The first kappa shape index (κ1) is 23.4. The Morgan fingerprint density at radius 2 is 1.24 bits per heavy atom. The summed E-state index contributed by atoms with van der Waals surface area (Å²) in [5.74, 6) is -0.519. The second-order valence-corrected chi connectivity index (χ2v) is 9.01. The van der Waals surface area contributed by atoms with E-state index >= 15 is 4.39 Å². The zero-order valence-electron chi connectivity index (χ0n) is 20.4. The highest BCUT2D eigenvalue weighted by Gasteiger charge is 2.40. The third kappa shape index (κ3) is 4.06. The lowest BCUT2D eigenvalue weighted by atomic mass is 9.76. The predicted molar refractivity (Wildman–Crippen MR) is 143 cm³/mol. The molecular weight excluding hydrogens is 477 g/mol. The number of carbonyl (C=O) groups excluding carboxylic acids is 1. The maximum absolute atomic E-state index is 16.0. The van der Waals surface area contributed by atoms with Crippen LogP contribution in [0.4, 0.5) is 4.39 Å². The van der Waals surface area contributed by atoms with Gasteiger partial charge in [0.1, 0.15) is 11.2 Å². The number of benzene rings is 4. The average molecular weight is 502 g/mol. The van der Waals surface area contributed by atoms with Crippen molar-refractivity contribution in [3.8, 4) is 0 Å². The van der Waals surface area contributed by atoms with Crippen LogP contribution in [0.3, 0.4) is 0 Å². The number of nitrogens with one attached hydrogen (secondary N) is 1. The van der Waals surface area contributed by atoms with Crippen molar-refractivity contribution in [2.75, 3.05) is 0 Å².